The molecule has 8 nitrogen and oxygen atoms in total. The number of benzene rings is 1. The van der Waals surface area contributed by atoms with Crippen LogP contribution in [0.15, 0.2) is 35.3 Å². The van der Waals surface area contributed by atoms with E-state index in [0.717, 1.165) is 57.8 Å². The van der Waals surface area contributed by atoms with E-state index in [-0.39, 0.29) is 24.4 Å². The summed E-state index contributed by atoms with van der Waals surface area (Å²) in [5.41, 5.74) is 0.777. The number of nitrogens with zero attached hydrogens (tertiary/aromatic N) is 4. The van der Waals surface area contributed by atoms with Crippen molar-refractivity contribution >= 4 is 23.5 Å². The Morgan fingerprint density at radius 1 is 1.00 bits per heavy atom. The zero-order chi connectivity index (χ0) is 20.6. The molecular formula is C21H32N6O2. The van der Waals surface area contributed by atoms with Crippen molar-refractivity contribution in [3.63, 3.8) is 0 Å². The van der Waals surface area contributed by atoms with Gasteiger partial charge in [0.15, 0.2) is 5.96 Å². The van der Waals surface area contributed by atoms with Gasteiger partial charge >= 0.3 is 0 Å². The van der Waals surface area contributed by atoms with Crippen LogP contribution < -0.4 is 10.6 Å². The van der Waals surface area contributed by atoms with Gasteiger partial charge in [0.1, 0.15) is 0 Å². The first-order valence-corrected chi connectivity index (χ1v) is 10.4. The second kappa shape index (κ2) is 10.2. The number of carbonyl (C=O) groups excluding carboxylic acids is 2. The van der Waals surface area contributed by atoms with Gasteiger partial charge in [0.05, 0.1) is 12.6 Å². The highest BCUT2D eigenvalue weighted by Gasteiger charge is 2.30. The van der Waals surface area contributed by atoms with Crippen molar-refractivity contribution in [1.82, 2.24) is 20.0 Å². The van der Waals surface area contributed by atoms with Gasteiger partial charge in [0.25, 0.3) is 0 Å². The number of rotatable bonds is 5. The van der Waals surface area contributed by atoms with Gasteiger partial charge < -0.3 is 20.4 Å². The topological polar surface area (TPSA) is 80.3 Å². The van der Waals surface area contributed by atoms with Crippen LogP contribution in [0.3, 0.4) is 0 Å². The van der Waals surface area contributed by atoms with Crippen LogP contribution in [-0.2, 0) is 9.59 Å². The van der Waals surface area contributed by atoms with E-state index in [0.29, 0.717) is 5.96 Å². The molecule has 29 heavy (non-hydrogen) atoms. The van der Waals surface area contributed by atoms with E-state index in [9.17, 15) is 9.59 Å². The average Bonchev–Trinajstić information content (AvgIpc) is 3.29. The van der Waals surface area contributed by atoms with E-state index in [1.165, 1.54) is 0 Å². The predicted molar refractivity (Wildman–Crippen MR) is 115 cm³/mol. The molecule has 0 radical (unpaired) electrons. The Balaban J connectivity index is 1.43. The van der Waals surface area contributed by atoms with Gasteiger partial charge in [-0.1, -0.05) is 18.2 Å². The molecule has 2 aliphatic rings. The number of para-hydroxylation sites is 1. The van der Waals surface area contributed by atoms with Crippen molar-refractivity contribution < 1.29 is 9.59 Å². The lowest BCUT2D eigenvalue weighted by molar-refractivity contribution is -0.135. The summed E-state index contributed by atoms with van der Waals surface area (Å²) in [6.07, 6.45) is 2.23. The summed E-state index contributed by atoms with van der Waals surface area (Å²) in [6.45, 7) is 7.11. The molecule has 158 valence electrons. The molecule has 1 aromatic rings. The molecule has 2 heterocycles. The molecule has 1 atom stereocenters. The van der Waals surface area contributed by atoms with Crippen LogP contribution in [0.2, 0.25) is 0 Å². The number of aliphatic imine (C=N–C) groups is 1. The normalized spacial score (nSPS) is 19.2. The van der Waals surface area contributed by atoms with E-state index in [1.54, 1.807) is 7.05 Å². The third-order valence-electron chi connectivity index (χ3n) is 5.61. The number of piperazine rings is 1. The minimum atomic E-state index is -0.110. The first-order chi connectivity index (χ1) is 14.1. The molecule has 8 heteroatoms. The second-order valence-corrected chi connectivity index (χ2v) is 7.55. The number of hydrogen-bond acceptors (Lipinski definition) is 4. The number of guanidine groups is 1. The van der Waals surface area contributed by atoms with Crippen molar-refractivity contribution in [2.24, 2.45) is 4.99 Å². The van der Waals surface area contributed by atoms with E-state index in [1.807, 2.05) is 42.2 Å². The van der Waals surface area contributed by atoms with Gasteiger partial charge in [0, 0.05) is 52.0 Å². The number of amides is 2. The van der Waals surface area contributed by atoms with Crippen molar-refractivity contribution in [3.05, 3.63) is 30.3 Å². The van der Waals surface area contributed by atoms with Gasteiger partial charge in [-0.3, -0.25) is 19.5 Å². The van der Waals surface area contributed by atoms with Gasteiger partial charge in [-0.2, -0.15) is 0 Å². The van der Waals surface area contributed by atoms with Gasteiger partial charge in [-0.15, -0.1) is 0 Å². The van der Waals surface area contributed by atoms with E-state index < -0.39 is 0 Å². The molecule has 0 aromatic heterocycles. The molecule has 0 saturated carbocycles. The molecular weight excluding hydrogens is 368 g/mol. The Morgan fingerprint density at radius 3 is 2.28 bits per heavy atom. The highest BCUT2D eigenvalue weighted by molar-refractivity contribution is 5.95. The molecule has 2 aliphatic heterocycles. The number of likely N-dealkylation sites (tertiary alicyclic amines) is 1. The number of anilines is 1. The third kappa shape index (κ3) is 5.69. The Labute approximate surface area is 172 Å². The van der Waals surface area contributed by atoms with Crippen molar-refractivity contribution in [3.8, 4) is 0 Å². The fraction of sp³-hybridized carbons (Fsp3) is 0.571. The quantitative estimate of drug-likeness (QED) is 0.565. The first-order valence-electron chi connectivity index (χ1n) is 10.4. The lowest BCUT2D eigenvalue weighted by atomic mass is 10.2. The summed E-state index contributed by atoms with van der Waals surface area (Å²) in [4.78, 5) is 35.5. The molecule has 3 rings (SSSR count). The van der Waals surface area contributed by atoms with Crippen molar-refractivity contribution in [2.45, 2.75) is 25.8 Å². The minimum Gasteiger partial charge on any atom is -0.347 e. The standard InChI is InChI=1S/C21H32N6O2/c1-17(20(29)26-10-6-7-11-26)25-12-14-27(15-13-25)21(22-2)23-16-19(28)24-18-8-4-3-5-9-18/h3-5,8-9,17H,6-7,10-16H2,1-2H3,(H,22,23)(H,24,28). The highest BCUT2D eigenvalue weighted by Crippen LogP contribution is 2.14. The molecule has 0 spiro atoms. The van der Waals surface area contributed by atoms with Crippen molar-refractivity contribution in [1.29, 1.82) is 0 Å². The van der Waals surface area contributed by atoms with Gasteiger partial charge in [-0.25, -0.2) is 0 Å². The Bertz CT molecular complexity index is 709. The number of hydrogen-bond donors (Lipinski definition) is 2. The summed E-state index contributed by atoms with van der Waals surface area (Å²) in [5, 5.41) is 6.00. The lowest BCUT2D eigenvalue weighted by Crippen LogP contribution is -2.57. The zero-order valence-electron chi connectivity index (χ0n) is 17.4. The molecule has 0 bridgehead atoms. The number of nitrogens with one attached hydrogen (secondary N) is 2. The van der Waals surface area contributed by atoms with E-state index in [4.69, 9.17) is 0 Å². The smallest absolute Gasteiger partial charge is 0.243 e. The summed E-state index contributed by atoms with van der Waals surface area (Å²) in [5.74, 6) is 0.850. The van der Waals surface area contributed by atoms with Crippen LogP contribution in [0.25, 0.3) is 0 Å². The maximum atomic E-state index is 12.6. The Morgan fingerprint density at radius 2 is 1.66 bits per heavy atom. The molecule has 2 amide bonds. The van der Waals surface area contributed by atoms with Crippen LogP contribution in [-0.4, -0.2) is 91.4 Å². The fourth-order valence-corrected chi connectivity index (χ4v) is 3.90. The van der Waals surface area contributed by atoms with Gasteiger partial charge in [0.2, 0.25) is 11.8 Å². The third-order valence-corrected chi connectivity index (χ3v) is 5.61. The Hall–Kier alpha value is -2.61. The molecule has 1 unspecified atom stereocenters. The van der Waals surface area contributed by atoms with Gasteiger partial charge in [-0.05, 0) is 31.9 Å². The summed E-state index contributed by atoms with van der Waals surface area (Å²) >= 11 is 0. The highest BCUT2D eigenvalue weighted by atomic mass is 16.2. The molecule has 1 aromatic carbocycles. The number of carbonyl (C=O) groups is 2. The molecule has 2 N–H and O–H groups in total. The van der Waals surface area contributed by atoms with Crippen LogP contribution in [0.5, 0.6) is 0 Å². The monoisotopic (exact) mass is 400 g/mol. The lowest BCUT2D eigenvalue weighted by Gasteiger charge is -2.39. The summed E-state index contributed by atoms with van der Waals surface area (Å²) < 4.78 is 0. The SMILES string of the molecule is CN=C(NCC(=O)Nc1ccccc1)N1CCN(C(C)C(=O)N2CCCC2)CC1. The minimum absolute atomic E-state index is 0.0816. The maximum Gasteiger partial charge on any atom is 0.243 e. The van der Waals surface area contributed by atoms with Crippen LogP contribution in [0.4, 0.5) is 5.69 Å². The summed E-state index contributed by atoms with van der Waals surface area (Å²) in [7, 11) is 1.73. The maximum absolute atomic E-state index is 12.6. The van der Waals surface area contributed by atoms with E-state index >= 15 is 0 Å². The summed E-state index contributed by atoms with van der Waals surface area (Å²) in [6, 6.07) is 9.32. The van der Waals surface area contributed by atoms with Crippen LogP contribution in [0.1, 0.15) is 19.8 Å². The largest absolute Gasteiger partial charge is 0.347 e. The molecule has 0 aliphatic carbocycles. The Kier molecular flexibility index (Phi) is 7.46. The molecule has 2 fully saturated rings. The average molecular weight is 401 g/mol. The van der Waals surface area contributed by atoms with E-state index in [2.05, 4.69) is 25.4 Å². The second-order valence-electron chi connectivity index (χ2n) is 7.55. The van der Waals surface area contributed by atoms with Crippen LogP contribution in [0, 0.1) is 0 Å². The first kappa shape index (κ1) is 21.1. The fourth-order valence-electron chi connectivity index (χ4n) is 3.90. The zero-order valence-corrected chi connectivity index (χ0v) is 17.4. The van der Waals surface area contributed by atoms with Crippen LogP contribution >= 0.6 is 0 Å². The van der Waals surface area contributed by atoms with Crippen molar-refractivity contribution in [2.75, 3.05) is 58.2 Å². The molecule has 2 saturated heterocycles. The predicted octanol–water partition coefficient (Wildman–Crippen LogP) is 0.829.